The second kappa shape index (κ2) is 6.88. The lowest BCUT2D eigenvalue weighted by atomic mass is 10.3. The number of hydrogen-bond donors (Lipinski definition) is 1. The van der Waals surface area contributed by atoms with E-state index < -0.39 is 0 Å². The molecule has 0 atom stereocenters. The van der Waals surface area contributed by atoms with Crippen molar-refractivity contribution in [3.63, 3.8) is 0 Å². The molecule has 1 aliphatic rings. The van der Waals surface area contributed by atoms with Gasteiger partial charge in [-0.05, 0) is 38.8 Å². The number of amides is 1. The highest BCUT2D eigenvalue weighted by molar-refractivity contribution is 7.99. The van der Waals surface area contributed by atoms with Gasteiger partial charge >= 0.3 is 0 Å². The first kappa shape index (κ1) is 16.3. The van der Waals surface area contributed by atoms with E-state index >= 15 is 0 Å². The van der Waals surface area contributed by atoms with Crippen molar-refractivity contribution < 1.29 is 4.79 Å². The first-order valence-corrected chi connectivity index (χ1v) is 8.90. The Morgan fingerprint density at radius 3 is 2.83 bits per heavy atom. The van der Waals surface area contributed by atoms with Crippen molar-refractivity contribution in [1.29, 1.82) is 0 Å². The molecule has 0 spiro atoms. The molecule has 2 heterocycles. The molecule has 1 amide bonds. The first-order chi connectivity index (χ1) is 11.0. The number of aromatic nitrogens is 4. The van der Waals surface area contributed by atoms with Crippen LogP contribution in [0.4, 0.5) is 5.82 Å². The Kier molecular flexibility index (Phi) is 4.87. The lowest BCUT2D eigenvalue weighted by Crippen LogP contribution is -2.16. The molecule has 2 aromatic heterocycles. The second-order valence-corrected chi connectivity index (χ2v) is 7.16. The van der Waals surface area contributed by atoms with E-state index in [1.54, 1.807) is 12.1 Å². The number of halogens is 1. The van der Waals surface area contributed by atoms with Gasteiger partial charge < -0.3 is 9.88 Å². The van der Waals surface area contributed by atoms with Crippen LogP contribution in [0.2, 0.25) is 5.02 Å². The molecule has 1 N–H and O–H groups in total. The maximum atomic E-state index is 12.0. The maximum absolute atomic E-state index is 12.0. The largest absolute Gasteiger partial charge is 0.310 e. The molecule has 1 aliphatic carbocycles. The van der Waals surface area contributed by atoms with Crippen LogP contribution in [0.3, 0.4) is 0 Å². The Hall–Kier alpha value is -1.60. The van der Waals surface area contributed by atoms with Crippen molar-refractivity contribution in [2.24, 2.45) is 0 Å². The van der Waals surface area contributed by atoms with Crippen LogP contribution in [0.5, 0.6) is 0 Å². The van der Waals surface area contributed by atoms with Gasteiger partial charge in [0.05, 0.1) is 10.8 Å². The molecule has 3 rings (SSSR count). The fourth-order valence-electron chi connectivity index (χ4n) is 2.25. The van der Waals surface area contributed by atoms with E-state index in [0.717, 1.165) is 11.0 Å². The summed E-state index contributed by atoms with van der Waals surface area (Å²) in [5.74, 6) is 2.20. The van der Waals surface area contributed by atoms with E-state index in [2.05, 4.69) is 38.9 Å². The Labute approximate surface area is 144 Å². The number of rotatable bonds is 6. The van der Waals surface area contributed by atoms with Crippen LogP contribution in [0.25, 0.3) is 0 Å². The molecule has 2 aromatic rings. The molecule has 0 aliphatic heterocycles. The van der Waals surface area contributed by atoms with Crippen LogP contribution in [0, 0.1) is 0 Å². The van der Waals surface area contributed by atoms with Crippen LogP contribution in [0.1, 0.15) is 44.5 Å². The van der Waals surface area contributed by atoms with E-state index in [-0.39, 0.29) is 17.7 Å². The highest BCUT2D eigenvalue weighted by Crippen LogP contribution is 2.41. The predicted molar refractivity (Wildman–Crippen MR) is 91.0 cm³/mol. The summed E-state index contributed by atoms with van der Waals surface area (Å²) >= 11 is 7.17. The van der Waals surface area contributed by atoms with E-state index in [4.69, 9.17) is 11.6 Å². The van der Waals surface area contributed by atoms with Gasteiger partial charge in [0.15, 0.2) is 5.16 Å². The third kappa shape index (κ3) is 4.03. The number of nitrogens with one attached hydrogen (secondary N) is 1. The molecule has 0 aromatic carbocycles. The monoisotopic (exact) mass is 351 g/mol. The van der Waals surface area contributed by atoms with Gasteiger partial charge in [0.1, 0.15) is 11.6 Å². The van der Waals surface area contributed by atoms with Gasteiger partial charge in [0, 0.05) is 18.2 Å². The van der Waals surface area contributed by atoms with Crippen molar-refractivity contribution in [2.45, 2.75) is 43.8 Å². The fourth-order valence-corrected chi connectivity index (χ4v) is 3.24. The van der Waals surface area contributed by atoms with Crippen LogP contribution in [-0.2, 0) is 4.79 Å². The average molecular weight is 352 g/mol. The smallest absolute Gasteiger partial charge is 0.236 e. The molecule has 0 bridgehead atoms. The zero-order valence-electron chi connectivity index (χ0n) is 13.0. The Morgan fingerprint density at radius 1 is 1.43 bits per heavy atom. The summed E-state index contributed by atoms with van der Waals surface area (Å²) < 4.78 is 2.14. The third-order valence-corrected chi connectivity index (χ3v) is 4.64. The maximum Gasteiger partial charge on any atom is 0.236 e. The summed E-state index contributed by atoms with van der Waals surface area (Å²) in [5.41, 5.74) is 0. The Bertz CT molecular complexity index is 696. The SMILES string of the molecule is CC(C)n1c(SCC(=O)Nc2ccc(Cl)cn2)nnc1C1CC1. The van der Waals surface area contributed by atoms with Gasteiger partial charge in [-0.2, -0.15) is 0 Å². The van der Waals surface area contributed by atoms with Gasteiger partial charge in [0.25, 0.3) is 0 Å². The lowest BCUT2D eigenvalue weighted by molar-refractivity contribution is -0.113. The molecular formula is C15H18ClN5OS. The Balaban J connectivity index is 1.61. The molecule has 0 radical (unpaired) electrons. The van der Waals surface area contributed by atoms with Crippen molar-refractivity contribution >= 4 is 35.1 Å². The molecule has 23 heavy (non-hydrogen) atoms. The molecule has 1 fully saturated rings. The quantitative estimate of drug-likeness (QED) is 0.806. The molecular weight excluding hydrogens is 334 g/mol. The van der Waals surface area contributed by atoms with Crippen LogP contribution in [-0.4, -0.2) is 31.4 Å². The minimum atomic E-state index is -0.129. The van der Waals surface area contributed by atoms with E-state index in [0.29, 0.717) is 16.8 Å². The van der Waals surface area contributed by atoms with Crippen LogP contribution < -0.4 is 5.32 Å². The van der Waals surface area contributed by atoms with Crippen molar-refractivity contribution in [3.8, 4) is 0 Å². The van der Waals surface area contributed by atoms with Gasteiger partial charge in [-0.1, -0.05) is 23.4 Å². The highest BCUT2D eigenvalue weighted by Gasteiger charge is 2.31. The van der Waals surface area contributed by atoms with Gasteiger partial charge in [-0.25, -0.2) is 4.98 Å². The number of nitrogens with zero attached hydrogens (tertiary/aromatic N) is 4. The van der Waals surface area contributed by atoms with Gasteiger partial charge in [-0.15, -0.1) is 10.2 Å². The zero-order chi connectivity index (χ0) is 16.4. The zero-order valence-corrected chi connectivity index (χ0v) is 14.6. The molecule has 0 saturated heterocycles. The summed E-state index contributed by atoms with van der Waals surface area (Å²) in [6.07, 6.45) is 3.86. The average Bonchev–Trinajstić information content (AvgIpc) is 3.27. The summed E-state index contributed by atoms with van der Waals surface area (Å²) in [6.45, 7) is 4.22. The van der Waals surface area contributed by atoms with Gasteiger partial charge in [-0.3, -0.25) is 4.79 Å². The molecule has 122 valence electrons. The van der Waals surface area contributed by atoms with E-state index in [9.17, 15) is 4.79 Å². The minimum absolute atomic E-state index is 0.129. The molecule has 1 saturated carbocycles. The van der Waals surface area contributed by atoms with Gasteiger partial charge in [0.2, 0.25) is 5.91 Å². The normalized spacial score (nSPS) is 14.3. The predicted octanol–water partition coefficient (Wildman–Crippen LogP) is 3.52. The highest BCUT2D eigenvalue weighted by atomic mass is 35.5. The summed E-state index contributed by atoms with van der Waals surface area (Å²) in [5, 5.41) is 12.6. The third-order valence-electron chi connectivity index (χ3n) is 3.48. The minimum Gasteiger partial charge on any atom is -0.310 e. The summed E-state index contributed by atoms with van der Waals surface area (Å²) in [6, 6.07) is 3.64. The topological polar surface area (TPSA) is 72.7 Å². The second-order valence-electron chi connectivity index (χ2n) is 5.78. The molecule has 0 unspecified atom stereocenters. The van der Waals surface area contributed by atoms with E-state index in [1.807, 2.05) is 0 Å². The van der Waals surface area contributed by atoms with Crippen molar-refractivity contribution in [3.05, 3.63) is 29.2 Å². The number of pyridine rings is 1. The number of carbonyl (C=O) groups is 1. The van der Waals surface area contributed by atoms with Crippen LogP contribution >= 0.6 is 23.4 Å². The molecule has 8 heteroatoms. The number of carbonyl (C=O) groups excluding carboxylic acids is 1. The number of hydrogen-bond acceptors (Lipinski definition) is 5. The summed E-state index contributed by atoms with van der Waals surface area (Å²) in [7, 11) is 0. The summed E-state index contributed by atoms with van der Waals surface area (Å²) in [4.78, 5) is 16.1. The van der Waals surface area contributed by atoms with Crippen LogP contribution in [0.15, 0.2) is 23.5 Å². The first-order valence-electron chi connectivity index (χ1n) is 7.53. The molecule has 6 nitrogen and oxygen atoms in total. The van der Waals surface area contributed by atoms with Crippen molar-refractivity contribution in [1.82, 2.24) is 19.7 Å². The standard InChI is InChI=1S/C15H18ClN5OS/c1-9(2)21-14(10-3-4-10)19-20-15(21)23-8-13(22)18-12-6-5-11(16)7-17-12/h5-7,9-10H,3-4,8H2,1-2H3,(H,17,18,22). The number of anilines is 1. The van der Waals surface area contributed by atoms with Crippen molar-refractivity contribution in [2.75, 3.05) is 11.1 Å². The lowest BCUT2D eigenvalue weighted by Gasteiger charge is -2.13. The number of thioether (sulfide) groups is 1. The van der Waals surface area contributed by atoms with E-state index in [1.165, 1.54) is 30.8 Å². The Morgan fingerprint density at radius 2 is 2.22 bits per heavy atom. The fraction of sp³-hybridized carbons (Fsp3) is 0.467.